The van der Waals surface area contributed by atoms with Crippen LogP contribution in [0.4, 0.5) is 0 Å². The fourth-order valence-electron chi connectivity index (χ4n) is 2.79. The Hall–Kier alpha value is -1.06. The van der Waals surface area contributed by atoms with Crippen LogP contribution < -0.4 is 5.32 Å². The lowest BCUT2D eigenvalue weighted by Gasteiger charge is -2.53. The molecule has 4 heteroatoms. The first-order valence-electron chi connectivity index (χ1n) is 6.05. The second-order valence-electron chi connectivity index (χ2n) is 5.52. The summed E-state index contributed by atoms with van der Waals surface area (Å²) >= 11 is 0. The number of carbonyl (C=O) groups is 2. The zero-order valence-corrected chi connectivity index (χ0v) is 10.2. The van der Waals surface area contributed by atoms with Gasteiger partial charge in [0.25, 0.3) is 0 Å². The van der Waals surface area contributed by atoms with E-state index < -0.39 is 0 Å². The summed E-state index contributed by atoms with van der Waals surface area (Å²) in [5.41, 5.74) is -0.0796. The fourth-order valence-corrected chi connectivity index (χ4v) is 2.79. The van der Waals surface area contributed by atoms with E-state index in [1.54, 1.807) is 0 Å². The maximum Gasteiger partial charge on any atom is 0.243 e. The van der Waals surface area contributed by atoms with Gasteiger partial charge in [-0.05, 0) is 32.1 Å². The highest BCUT2D eigenvalue weighted by atomic mass is 16.2. The van der Waals surface area contributed by atoms with Crippen molar-refractivity contribution in [2.24, 2.45) is 5.92 Å². The highest BCUT2D eigenvalue weighted by Gasteiger charge is 2.48. The number of hydrogen-bond acceptors (Lipinski definition) is 2. The second kappa shape index (κ2) is 3.75. The Bertz CT molecular complexity index is 321. The van der Waals surface area contributed by atoms with Gasteiger partial charge in [-0.3, -0.25) is 9.59 Å². The van der Waals surface area contributed by atoms with Gasteiger partial charge >= 0.3 is 0 Å². The summed E-state index contributed by atoms with van der Waals surface area (Å²) in [5.74, 6) is 0.241. The molecule has 0 aromatic heterocycles. The Balaban J connectivity index is 2.28. The molecule has 0 bridgehead atoms. The maximum atomic E-state index is 12.0. The number of rotatable bonds is 2. The van der Waals surface area contributed by atoms with Crippen molar-refractivity contribution in [1.82, 2.24) is 10.2 Å². The third-order valence-corrected chi connectivity index (χ3v) is 3.87. The molecule has 0 aromatic carbocycles. The Kier molecular flexibility index (Phi) is 2.68. The van der Waals surface area contributed by atoms with Gasteiger partial charge in [0.2, 0.25) is 11.8 Å². The number of nitrogens with zero attached hydrogens (tertiary/aromatic N) is 1. The van der Waals surface area contributed by atoms with Crippen LogP contribution in [0, 0.1) is 5.92 Å². The highest BCUT2D eigenvalue weighted by Crippen LogP contribution is 2.40. The van der Waals surface area contributed by atoms with Crippen LogP contribution in [0.5, 0.6) is 0 Å². The van der Waals surface area contributed by atoms with Gasteiger partial charge in [0.05, 0.1) is 6.54 Å². The van der Waals surface area contributed by atoms with Gasteiger partial charge in [-0.15, -0.1) is 0 Å². The molecule has 1 atom stereocenters. The van der Waals surface area contributed by atoms with Gasteiger partial charge in [0, 0.05) is 5.54 Å². The molecule has 4 nitrogen and oxygen atoms in total. The zero-order valence-electron chi connectivity index (χ0n) is 10.2. The van der Waals surface area contributed by atoms with E-state index in [9.17, 15) is 9.59 Å². The molecule has 1 N–H and O–H groups in total. The standard InChI is InChI=1S/C12H20N2O2/c1-8(2)10-11(16)13-7-9(15)14(10)12(3)5-4-6-12/h8,10H,4-7H2,1-3H3,(H,13,16). The van der Waals surface area contributed by atoms with Crippen LogP contribution in [-0.2, 0) is 9.59 Å². The summed E-state index contributed by atoms with van der Waals surface area (Å²) in [6.45, 7) is 6.26. The van der Waals surface area contributed by atoms with Crippen molar-refractivity contribution < 1.29 is 9.59 Å². The van der Waals surface area contributed by atoms with E-state index in [-0.39, 0.29) is 35.9 Å². The van der Waals surface area contributed by atoms with E-state index in [4.69, 9.17) is 0 Å². The molecule has 0 spiro atoms. The molecule has 1 aliphatic heterocycles. The van der Waals surface area contributed by atoms with Crippen LogP contribution in [0.2, 0.25) is 0 Å². The first kappa shape index (κ1) is 11.4. The van der Waals surface area contributed by atoms with Crippen molar-refractivity contribution in [2.75, 3.05) is 6.54 Å². The van der Waals surface area contributed by atoms with E-state index in [2.05, 4.69) is 12.2 Å². The van der Waals surface area contributed by atoms with Crippen LogP contribution >= 0.6 is 0 Å². The summed E-state index contributed by atoms with van der Waals surface area (Å²) < 4.78 is 0. The number of carbonyl (C=O) groups excluding carboxylic acids is 2. The maximum absolute atomic E-state index is 12.0. The van der Waals surface area contributed by atoms with Gasteiger partial charge in [0.15, 0.2) is 0 Å². The molecule has 1 unspecified atom stereocenters. The van der Waals surface area contributed by atoms with E-state index in [1.807, 2.05) is 18.7 Å². The molecule has 2 amide bonds. The number of nitrogens with one attached hydrogen (secondary N) is 1. The summed E-state index contributed by atoms with van der Waals surface area (Å²) in [5, 5.41) is 2.68. The lowest BCUT2D eigenvalue weighted by Crippen LogP contribution is -2.68. The monoisotopic (exact) mass is 224 g/mol. The smallest absolute Gasteiger partial charge is 0.243 e. The lowest BCUT2D eigenvalue weighted by molar-refractivity contribution is -0.159. The molecule has 2 fully saturated rings. The molecule has 1 aliphatic carbocycles. The van der Waals surface area contributed by atoms with Gasteiger partial charge in [0.1, 0.15) is 6.04 Å². The number of piperazine rings is 1. The van der Waals surface area contributed by atoms with Gasteiger partial charge < -0.3 is 10.2 Å². The summed E-state index contributed by atoms with van der Waals surface area (Å²) in [4.78, 5) is 25.7. The van der Waals surface area contributed by atoms with Gasteiger partial charge in [-0.25, -0.2) is 0 Å². The van der Waals surface area contributed by atoms with Crippen LogP contribution in [0.1, 0.15) is 40.0 Å². The van der Waals surface area contributed by atoms with Crippen molar-refractivity contribution in [2.45, 2.75) is 51.6 Å². The first-order valence-corrected chi connectivity index (χ1v) is 6.05. The van der Waals surface area contributed by atoms with Crippen molar-refractivity contribution in [3.8, 4) is 0 Å². The van der Waals surface area contributed by atoms with Crippen LogP contribution in [0.25, 0.3) is 0 Å². The van der Waals surface area contributed by atoms with Crippen LogP contribution in [-0.4, -0.2) is 34.8 Å². The van der Waals surface area contributed by atoms with Crippen molar-refractivity contribution >= 4 is 11.8 Å². The molecular formula is C12H20N2O2. The van der Waals surface area contributed by atoms with Gasteiger partial charge in [-0.1, -0.05) is 13.8 Å². The van der Waals surface area contributed by atoms with Crippen molar-refractivity contribution in [1.29, 1.82) is 0 Å². The Labute approximate surface area is 96.4 Å². The zero-order chi connectivity index (χ0) is 11.9. The number of amides is 2. The Morgan fingerprint density at radius 1 is 1.38 bits per heavy atom. The molecule has 1 saturated carbocycles. The average Bonchev–Trinajstić information content (AvgIpc) is 2.17. The van der Waals surface area contributed by atoms with E-state index in [0.29, 0.717) is 0 Å². The molecule has 0 radical (unpaired) electrons. The average molecular weight is 224 g/mol. The topological polar surface area (TPSA) is 49.4 Å². The molecule has 2 aliphatic rings. The molecule has 16 heavy (non-hydrogen) atoms. The van der Waals surface area contributed by atoms with Crippen molar-refractivity contribution in [3.63, 3.8) is 0 Å². The van der Waals surface area contributed by atoms with Gasteiger partial charge in [-0.2, -0.15) is 0 Å². The fraction of sp³-hybridized carbons (Fsp3) is 0.833. The molecule has 2 rings (SSSR count). The van der Waals surface area contributed by atoms with Crippen LogP contribution in [0.3, 0.4) is 0 Å². The molecule has 90 valence electrons. The summed E-state index contributed by atoms with van der Waals surface area (Å²) in [6.07, 6.45) is 3.21. The molecule has 1 saturated heterocycles. The van der Waals surface area contributed by atoms with E-state index >= 15 is 0 Å². The lowest BCUT2D eigenvalue weighted by atomic mass is 9.75. The number of hydrogen-bond donors (Lipinski definition) is 1. The third kappa shape index (κ3) is 1.60. The molecular weight excluding hydrogens is 204 g/mol. The quantitative estimate of drug-likeness (QED) is 0.758. The van der Waals surface area contributed by atoms with E-state index in [1.165, 1.54) is 0 Å². The Morgan fingerprint density at radius 3 is 2.44 bits per heavy atom. The second-order valence-corrected chi connectivity index (χ2v) is 5.52. The SMILES string of the molecule is CC(C)C1C(=O)NCC(=O)N1C1(C)CCC1. The van der Waals surface area contributed by atoms with Crippen LogP contribution in [0.15, 0.2) is 0 Å². The predicted octanol–water partition coefficient (Wildman–Crippen LogP) is 0.912. The minimum Gasteiger partial charge on any atom is -0.345 e. The summed E-state index contributed by atoms with van der Waals surface area (Å²) in [7, 11) is 0. The first-order chi connectivity index (χ1) is 7.46. The minimum absolute atomic E-state index is 0.00252. The predicted molar refractivity (Wildman–Crippen MR) is 60.7 cm³/mol. The largest absolute Gasteiger partial charge is 0.345 e. The Morgan fingerprint density at radius 2 is 2.00 bits per heavy atom. The highest BCUT2D eigenvalue weighted by molar-refractivity contribution is 5.95. The third-order valence-electron chi connectivity index (χ3n) is 3.87. The van der Waals surface area contributed by atoms with Crippen molar-refractivity contribution in [3.05, 3.63) is 0 Å². The molecule has 0 aromatic rings. The molecule has 1 heterocycles. The summed E-state index contributed by atoms with van der Waals surface area (Å²) in [6, 6.07) is -0.286. The normalized spacial score (nSPS) is 29.0. The minimum atomic E-state index is -0.286. The van der Waals surface area contributed by atoms with E-state index in [0.717, 1.165) is 19.3 Å².